The standard InChI is InChI=1S/C17H17N3O4/c1-21-13-6-4-5-12(10-13)18-17-19-16(20-24-17)11-7-8-14(22-2)15(9-11)23-3/h4-10H,1-3H3,(H,18,19,20). The van der Waals surface area contributed by atoms with E-state index >= 15 is 0 Å². The first-order chi connectivity index (χ1) is 11.7. The maximum atomic E-state index is 5.29. The molecule has 0 aliphatic heterocycles. The smallest absolute Gasteiger partial charge is 0.326 e. The van der Waals surface area contributed by atoms with Crippen LogP contribution in [0.2, 0.25) is 0 Å². The summed E-state index contributed by atoms with van der Waals surface area (Å²) in [5.41, 5.74) is 1.55. The second-order valence-corrected chi connectivity index (χ2v) is 4.85. The van der Waals surface area contributed by atoms with Crippen LogP contribution in [0.5, 0.6) is 17.2 Å². The van der Waals surface area contributed by atoms with Gasteiger partial charge >= 0.3 is 6.01 Å². The Bertz CT molecular complexity index is 832. The highest BCUT2D eigenvalue weighted by atomic mass is 16.5. The van der Waals surface area contributed by atoms with Crippen LogP contribution in [0.15, 0.2) is 47.0 Å². The maximum absolute atomic E-state index is 5.29. The molecule has 24 heavy (non-hydrogen) atoms. The number of benzene rings is 2. The van der Waals surface area contributed by atoms with Gasteiger partial charge in [0.05, 0.1) is 21.3 Å². The van der Waals surface area contributed by atoms with Crippen molar-refractivity contribution in [3.8, 4) is 28.6 Å². The van der Waals surface area contributed by atoms with E-state index in [0.29, 0.717) is 17.3 Å². The maximum Gasteiger partial charge on any atom is 0.326 e. The second-order valence-electron chi connectivity index (χ2n) is 4.85. The minimum absolute atomic E-state index is 0.285. The Balaban J connectivity index is 1.82. The fraction of sp³-hybridized carbons (Fsp3) is 0.176. The molecule has 7 heteroatoms. The summed E-state index contributed by atoms with van der Waals surface area (Å²) in [5, 5.41) is 7.02. The first-order valence-corrected chi connectivity index (χ1v) is 7.20. The van der Waals surface area contributed by atoms with E-state index in [4.69, 9.17) is 18.7 Å². The van der Waals surface area contributed by atoms with Crippen LogP contribution < -0.4 is 19.5 Å². The number of ether oxygens (including phenoxy) is 3. The summed E-state index contributed by atoms with van der Waals surface area (Å²) in [6.07, 6.45) is 0. The van der Waals surface area contributed by atoms with Gasteiger partial charge < -0.3 is 24.1 Å². The Labute approximate surface area is 139 Å². The van der Waals surface area contributed by atoms with Crippen molar-refractivity contribution in [2.24, 2.45) is 0 Å². The molecule has 124 valence electrons. The zero-order valence-electron chi connectivity index (χ0n) is 13.6. The molecule has 0 aliphatic carbocycles. The number of hydrogen-bond donors (Lipinski definition) is 1. The quantitative estimate of drug-likeness (QED) is 0.742. The summed E-state index contributed by atoms with van der Waals surface area (Å²) in [4.78, 5) is 4.34. The van der Waals surface area contributed by atoms with Gasteiger partial charge in [-0.3, -0.25) is 0 Å². The first-order valence-electron chi connectivity index (χ1n) is 7.20. The van der Waals surface area contributed by atoms with Crippen LogP contribution in [0.1, 0.15) is 0 Å². The third kappa shape index (κ3) is 3.24. The van der Waals surface area contributed by atoms with Crippen molar-refractivity contribution >= 4 is 11.7 Å². The average Bonchev–Trinajstić information content (AvgIpc) is 3.09. The Hall–Kier alpha value is -3.22. The predicted octanol–water partition coefficient (Wildman–Crippen LogP) is 3.51. The minimum atomic E-state index is 0.285. The summed E-state index contributed by atoms with van der Waals surface area (Å²) in [7, 11) is 4.77. The van der Waals surface area contributed by atoms with E-state index in [2.05, 4.69) is 15.5 Å². The number of anilines is 2. The largest absolute Gasteiger partial charge is 0.497 e. The Morgan fingerprint density at radius 1 is 0.917 bits per heavy atom. The van der Waals surface area contributed by atoms with Crippen LogP contribution in [0.3, 0.4) is 0 Å². The average molecular weight is 327 g/mol. The molecule has 0 atom stereocenters. The van der Waals surface area contributed by atoms with Gasteiger partial charge in [0.25, 0.3) is 0 Å². The molecule has 0 radical (unpaired) electrons. The van der Waals surface area contributed by atoms with Crippen LogP contribution in [0.4, 0.5) is 11.7 Å². The molecule has 0 amide bonds. The van der Waals surface area contributed by atoms with Gasteiger partial charge in [0.2, 0.25) is 5.82 Å². The van der Waals surface area contributed by atoms with Crippen LogP contribution >= 0.6 is 0 Å². The van der Waals surface area contributed by atoms with Gasteiger partial charge in [-0.05, 0) is 30.3 Å². The van der Waals surface area contributed by atoms with E-state index in [1.165, 1.54) is 0 Å². The Morgan fingerprint density at radius 2 is 1.75 bits per heavy atom. The molecule has 0 fully saturated rings. The van der Waals surface area contributed by atoms with Crippen molar-refractivity contribution in [3.63, 3.8) is 0 Å². The van der Waals surface area contributed by atoms with Crippen molar-refractivity contribution in [1.29, 1.82) is 0 Å². The van der Waals surface area contributed by atoms with Gasteiger partial charge in [-0.1, -0.05) is 11.2 Å². The molecule has 1 aromatic heterocycles. The number of hydrogen-bond acceptors (Lipinski definition) is 7. The van der Waals surface area contributed by atoms with E-state index < -0.39 is 0 Å². The fourth-order valence-electron chi connectivity index (χ4n) is 2.19. The lowest BCUT2D eigenvalue weighted by Crippen LogP contribution is -1.92. The Morgan fingerprint density at radius 3 is 2.50 bits per heavy atom. The number of rotatable bonds is 6. The van der Waals surface area contributed by atoms with Crippen LogP contribution in [-0.4, -0.2) is 31.5 Å². The number of aromatic nitrogens is 2. The van der Waals surface area contributed by atoms with Gasteiger partial charge in [-0.15, -0.1) is 0 Å². The molecular weight excluding hydrogens is 310 g/mol. The lowest BCUT2D eigenvalue weighted by Gasteiger charge is -2.07. The third-order valence-electron chi connectivity index (χ3n) is 3.39. The van der Waals surface area contributed by atoms with Crippen LogP contribution in [-0.2, 0) is 0 Å². The summed E-state index contributed by atoms with van der Waals surface area (Å²) in [6.45, 7) is 0. The molecule has 0 bridgehead atoms. The highest BCUT2D eigenvalue weighted by Gasteiger charge is 2.12. The predicted molar refractivity (Wildman–Crippen MR) is 89.1 cm³/mol. The second kappa shape index (κ2) is 6.91. The number of methoxy groups -OCH3 is 3. The molecule has 3 aromatic rings. The SMILES string of the molecule is COc1cccc(Nc2nc(-c3ccc(OC)c(OC)c3)no2)c1. The topological polar surface area (TPSA) is 78.6 Å². The molecule has 0 unspecified atom stereocenters. The van der Waals surface area contributed by atoms with E-state index in [1.54, 1.807) is 33.5 Å². The van der Waals surface area contributed by atoms with Gasteiger partial charge in [0, 0.05) is 17.3 Å². The number of nitrogens with zero attached hydrogens (tertiary/aromatic N) is 2. The normalized spacial score (nSPS) is 10.3. The monoisotopic (exact) mass is 327 g/mol. The van der Waals surface area contributed by atoms with E-state index in [1.807, 2.05) is 30.3 Å². The van der Waals surface area contributed by atoms with Crippen LogP contribution in [0, 0.1) is 0 Å². The van der Waals surface area contributed by atoms with Gasteiger partial charge in [0.15, 0.2) is 11.5 Å². The zero-order valence-corrected chi connectivity index (χ0v) is 13.6. The van der Waals surface area contributed by atoms with E-state index in [9.17, 15) is 0 Å². The van der Waals surface area contributed by atoms with Crippen molar-refractivity contribution in [3.05, 3.63) is 42.5 Å². The summed E-state index contributed by atoms with van der Waals surface area (Å²) in [5.74, 6) is 2.42. The third-order valence-corrected chi connectivity index (χ3v) is 3.39. The highest BCUT2D eigenvalue weighted by molar-refractivity contribution is 5.62. The van der Waals surface area contributed by atoms with Crippen molar-refractivity contribution in [2.45, 2.75) is 0 Å². The zero-order chi connectivity index (χ0) is 16.9. The molecular formula is C17H17N3O4. The lowest BCUT2D eigenvalue weighted by atomic mass is 10.2. The Kier molecular flexibility index (Phi) is 4.51. The summed E-state index contributed by atoms with van der Waals surface area (Å²) >= 11 is 0. The van der Waals surface area contributed by atoms with Crippen LogP contribution in [0.25, 0.3) is 11.4 Å². The molecule has 3 rings (SSSR count). The molecule has 0 saturated carbocycles. The molecule has 0 aliphatic rings. The highest BCUT2D eigenvalue weighted by Crippen LogP contribution is 2.31. The molecule has 0 spiro atoms. The fourth-order valence-corrected chi connectivity index (χ4v) is 2.19. The first kappa shape index (κ1) is 15.7. The molecule has 1 N–H and O–H groups in total. The van der Waals surface area contributed by atoms with Crippen molar-refractivity contribution < 1.29 is 18.7 Å². The van der Waals surface area contributed by atoms with E-state index in [0.717, 1.165) is 17.0 Å². The van der Waals surface area contributed by atoms with Crippen molar-refractivity contribution in [1.82, 2.24) is 10.1 Å². The molecule has 0 saturated heterocycles. The molecule has 2 aromatic carbocycles. The van der Waals surface area contributed by atoms with Gasteiger partial charge in [0.1, 0.15) is 5.75 Å². The minimum Gasteiger partial charge on any atom is -0.497 e. The molecule has 7 nitrogen and oxygen atoms in total. The van der Waals surface area contributed by atoms with E-state index in [-0.39, 0.29) is 6.01 Å². The summed E-state index contributed by atoms with van der Waals surface area (Å²) < 4.78 is 20.9. The van der Waals surface area contributed by atoms with Gasteiger partial charge in [-0.25, -0.2) is 0 Å². The van der Waals surface area contributed by atoms with Crippen molar-refractivity contribution in [2.75, 3.05) is 26.6 Å². The molecule has 1 heterocycles. The number of nitrogens with one attached hydrogen (secondary N) is 1. The van der Waals surface area contributed by atoms with Gasteiger partial charge in [-0.2, -0.15) is 4.98 Å². The summed E-state index contributed by atoms with van der Waals surface area (Å²) in [6, 6.07) is 13.1. The lowest BCUT2D eigenvalue weighted by molar-refractivity contribution is 0.355.